The number of carboxylic acids is 1. The lowest BCUT2D eigenvalue weighted by atomic mass is 10.1. The Kier molecular flexibility index (Phi) is 8.62. The third kappa shape index (κ3) is 9.26. The van der Waals surface area contributed by atoms with Gasteiger partial charge in [0.15, 0.2) is 0 Å². The molecule has 0 rings (SSSR count). The van der Waals surface area contributed by atoms with Gasteiger partial charge in [-0.2, -0.15) is 0 Å². The summed E-state index contributed by atoms with van der Waals surface area (Å²) >= 11 is 0. The highest BCUT2D eigenvalue weighted by Gasteiger charge is 2.41. The fourth-order valence-electron chi connectivity index (χ4n) is 1.72. The summed E-state index contributed by atoms with van der Waals surface area (Å²) in [5, 5.41) is 11.5. The van der Waals surface area contributed by atoms with Gasteiger partial charge in [-0.3, -0.25) is 20.3 Å². The number of alkyl halides is 1. The van der Waals surface area contributed by atoms with E-state index in [1.807, 2.05) is 5.32 Å². The number of halogens is 1. The number of likely N-dealkylation sites (N-methyl/N-ethyl adjacent to an activating group) is 1. The fraction of sp³-hybridized carbons (Fsp3) is 0.786. The van der Waals surface area contributed by atoms with Gasteiger partial charge in [0.25, 0.3) is 11.7 Å². The number of hydrazine groups is 1. The minimum Gasteiger partial charge on any atom is -0.480 e. The monoisotopic (exact) mass is 350 g/mol. The summed E-state index contributed by atoms with van der Waals surface area (Å²) < 4.78 is 20.0. The Hall–Kier alpha value is -1.94. The molecular weight excluding hydrogens is 323 g/mol. The van der Waals surface area contributed by atoms with Crippen molar-refractivity contribution in [2.45, 2.75) is 51.4 Å². The number of carbonyl (C=O) groups excluding carboxylic acids is 2. The van der Waals surface area contributed by atoms with Crippen LogP contribution in [0.25, 0.3) is 0 Å². The molecule has 2 amide bonds. The van der Waals surface area contributed by atoms with Crippen LogP contribution in [-0.4, -0.2) is 59.6 Å². The van der Waals surface area contributed by atoms with Crippen molar-refractivity contribution in [3.63, 3.8) is 0 Å². The molecule has 0 aliphatic carbocycles. The lowest BCUT2D eigenvalue weighted by Gasteiger charge is -2.29. The molecule has 0 fully saturated rings. The first kappa shape index (κ1) is 22.1. The number of amides is 2. The van der Waals surface area contributed by atoms with Gasteiger partial charge >= 0.3 is 12.1 Å². The van der Waals surface area contributed by atoms with Crippen LogP contribution < -0.4 is 16.5 Å². The maximum absolute atomic E-state index is 15.0. The normalized spacial score (nSPS) is 14.0. The van der Waals surface area contributed by atoms with E-state index < -0.39 is 35.9 Å². The number of hydrogen-bond acceptors (Lipinski definition) is 6. The predicted octanol–water partition coefficient (Wildman–Crippen LogP) is 0.354. The Morgan fingerprint density at radius 2 is 1.83 bits per heavy atom. The van der Waals surface area contributed by atoms with Crippen molar-refractivity contribution in [1.29, 1.82) is 0 Å². The molecule has 10 heteroatoms. The second kappa shape index (κ2) is 9.38. The molecule has 24 heavy (non-hydrogen) atoms. The van der Waals surface area contributed by atoms with Crippen molar-refractivity contribution in [1.82, 2.24) is 15.8 Å². The van der Waals surface area contributed by atoms with E-state index in [0.717, 1.165) is 5.01 Å². The number of nitrogens with one attached hydrogen (secondary N) is 2. The number of nitrogens with zero attached hydrogens (tertiary/aromatic N) is 1. The smallest absolute Gasteiger partial charge is 0.410 e. The van der Waals surface area contributed by atoms with Gasteiger partial charge in [0.05, 0.1) is 0 Å². The first-order valence-electron chi connectivity index (χ1n) is 7.54. The molecule has 0 bridgehead atoms. The van der Waals surface area contributed by atoms with Gasteiger partial charge in [-0.1, -0.05) is 0 Å². The van der Waals surface area contributed by atoms with Crippen LogP contribution in [0.1, 0.15) is 40.0 Å². The van der Waals surface area contributed by atoms with Crippen molar-refractivity contribution < 1.29 is 28.6 Å². The molecule has 0 spiro atoms. The summed E-state index contributed by atoms with van der Waals surface area (Å²) in [6.45, 7) is 4.57. The second-order valence-electron chi connectivity index (χ2n) is 6.36. The summed E-state index contributed by atoms with van der Waals surface area (Å²) in [5.41, 5.74) is 6.57. The quantitative estimate of drug-likeness (QED) is 0.268. The SMILES string of the molecule is CN(CC(=O)O)NC(=O)C(F)(CCCCN)NC(=O)OC(C)(C)C. The van der Waals surface area contributed by atoms with Crippen molar-refractivity contribution in [3.8, 4) is 0 Å². The number of carboxylic acid groups (broad SMARTS) is 1. The second-order valence-corrected chi connectivity index (χ2v) is 6.36. The molecule has 1 unspecified atom stereocenters. The Morgan fingerprint density at radius 3 is 2.29 bits per heavy atom. The number of aliphatic carboxylic acids is 1. The highest BCUT2D eigenvalue weighted by molar-refractivity contribution is 5.88. The topological polar surface area (TPSA) is 134 Å². The molecule has 0 aromatic rings. The zero-order valence-electron chi connectivity index (χ0n) is 14.5. The molecule has 0 radical (unpaired) electrons. The molecule has 1 atom stereocenters. The number of carbonyl (C=O) groups is 3. The standard InChI is InChI=1S/C14H27FN4O5/c1-13(2,3)24-12(23)17-14(15,7-5-6-8-16)11(22)18-19(4)9-10(20)21/h5-9,16H2,1-4H3,(H,17,23)(H,18,22)(H,20,21). The molecular formula is C14H27FN4O5. The summed E-state index contributed by atoms with van der Waals surface area (Å²) in [4.78, 5) is 34.5. The average molecular weight is 350 g/mol. The molecule has 9 nitrogen and oxygen atoms in total. The van der Waals surface area contributed by atoms with Crippen LogP contribution in [0.15, 0.2) is 0 Å². The number of ether oxygens (including phenoxy) is 1. The first-order valence-corrected chi connectivity index (χ1v) is 7.54. The zero-order chi connectivity index (χ0) is 19.0. The third-order valence-electron chi connectivity index (χ3n) is 2.70. The molecule has 0 aliphatic rings. The Bertz CT molecular complexity index is 455. The zero-order valence-corrected chi connectivity index (χ0v) is 14.5. The maximum atomic E-state index is 15.0. The van der Waals surface area contributed by atoms with E-state index in [0.29, 0.717) is 13.0 Å². The van der Waals surface area contributed by atoms with Gasteiger partial charge in [0, 0.05) is 13.5 Å². The van der Waals surface area contributed by atoms with Crippen LogP contribution in [0, 0.1) is 0 Å². The van der Waals surface area contributed by atoms with E-state index in [2.05, 4.69) is 5.43 Å². The van der Waals surface area contributed by atoms with Crippen LogP contribution in [0.5, 0.6) is 0 Å². The van der Waals surface area contributed by atoms with Gasteiger partial charge in [-0.05, 0) is 40.2 Å². The van der Waals surface area contributed by atoms with Gasteiger partial charge in [-0.15, -0.1) is 0 Å². The van der Waals surface area contributed by atoms with E-state index in [-0.39, 0.29) is 12.8 Å². The third-order valence-corrected chi connectivity index (χ3v) is 2.70. The van der Waals surface area contributed by atoms with Crippen LogP contribution in [-0.2, 0) is 14.3 Å². The molecule has 140 valence electrons. The summed E-state index contributed by atoms with van der Waals surface area (Å²) in [6.07, 6.45) is -0.705. The lowest BCUT2D eigenvalue weighted by molar-refractivity contribution is -0.144. The van der Waals surface area contributed by atoms with Gasteiger partial charge in [0.1, 0.15) is 12.1 Å². The molecule has 0 aromatic heterocycles. The van der Waals surface area contributed by atoms with E-state index in [4.69, 9.17) is 15.6 Å². The van der Waals surface area contributed by atoms with E-state index >= 15 is 0 Å². The lowest BCUT2D eigenvalue weighted by Crippen LogP contribution is -2.59. The number of hydrogen-bond donors (Lipinski definition) is 4. The molecule has 0 saturated carbocycles. The Labute approximate surface area is 140 Å². The predicted molar refractivity (Wildman–Crippen MR) is 84.5 cm³/mol. The van der Waals surface area contributed by atoms with Gasteiger partial charge in [-0.25, -0.2) is 14.2 Å². The van der Waals surface area contributed by atoms with Crippen molar-refractivity contribution in [3.05, 3.63) is 0 Å². The average Bonchev–Trinajstić information content (AvgIpc) is 2.35. The summed E-state index contributed by atoms with van der Waals surface area (Å²) in [6, 6.07) is 0. The largest absolute Gasteiger partial charge is 0.480 e. The Morgan fingerprint density at radius 1 is 1.25 bits per heavy atom. The van der Waals surface area contributed by atoms with Crippen LogP contribution in [0.2, 0.25) is 0 Å². The fourth-order valence-corrected chi connectivity index (χ4v) is 1.72. The summed E-state index contributed by atoms with van der Waals surface area (Å²) in [5.74, 6) is -5.14. The molecule has 0 aromatic carbocycles. The molecule has 0 heterocycles. The first-order chi connectivity index (χ1) is 10.9. The minimum absolute atomic E-state index is 0.249. The van der Waals surface area contributed by atoms with Crippen molar-refractivity contribution >= 4 is 18.0 Å². The number of rotatable bonds is 9. The van der Waals surface area contributed by atoms with Crippen LogP contribution in [0.4, 0.5) is 9.18 Å². The molecule has 0 aliphatic heterocycles. The van der Waals surface area contributed by atoms with Gasteiger partial charge < -0.3 is 15.6 Å². The highest BCUT2D eigenvalue weighted by atomic mass is 19.1. The Balaban J connectivity index is 5.00. The maximum Gasteiger partial charge on any atom is 0.410 e. The number of alkyl carbamates (subject to hydrolysis) is 1. The van der Waals surface area contributed by atoms with Crippen molar-refractivity contribution in [2.24, 2.45) is 5.73 Å². The highest BCUT2D eigenvalue weighted by Crippen LogP contribution is 2.18. The van der Waals surface area contributed by atoms with Crippen molar-refractivity contribution in [2.75, 3.05) is 20.1 Å². The minimum atomic E-state index is -2.75. The molecule has 0 saturated heterocycles. The van der Waals surface area contributed by atoms with Gasteiger partial charge in [0.2, 0.25) is 0 Å². The van der Waals surface area contributed by atoms with Crippen LogP contribution in [0.3, 0.4) is 0 Å². The van der Waals surface area contributed by atoms with E-state index in [1.54, 1.807) is 20.8 Å². The summed E-state index contributed by atoms with van der Waals surface area (Å²) in [7, 11) is 1.26. The molecule has 5 N–H and O–H groups in total. The van der Waals surface area contributed by atoms with E-state index in [1.165, 1.54) is 7.05 Å². The van der Waals surface area contributed by atoms with Crippen LogP contribution >= 0.6 is 0 Å². The number of unbranched alkanes of at least 4 members (excludes halogenated alkanes) is 1. The number of nitrogens with two attached hydrogens (primary N) is 1. The van der Waals surface area contributed by atoms with E-state index in [9.17, 15) is 18.8 Å².